The van der Waals surface area contributed by atoms with Crippen LogP contribution < -0.4 is 25.3 Å². The van der Waals surface area contributed by atoms with Gasteiger partial charge < -0.3 is 25.3 Å². The van der Waals surface area contributed by atoms with Crippen molar-refractivity contribution in [2.75, 3.05) is 20.8 Å². The van der Waals surface area contributed by atoms with Crippen molar-refractivity contribution in [3.63, 3.8) is 0 Å². The number of benzene rings is 2. The van der Waals surface area contributed by atoms with Gasteiger partial charge in [-0.1, -0.05) is 23.7 Å². The van der Waals surface area contributed by atoms with Crippen LogP contribution >= 0.6 is 11.6 Å². The van der Waals surface area contributed by atoms with Gasteiger partial charge in [-0.2, -0.15) is 0 Å². The molecule has 0 aliphatic rings. The topological polar surface area (TPSA) is 99.9 Å². The Morgan fingerprint density at radius 3 is 2.44 bits per heavy atom. The largest absolute Gasteiger partial charge is 0.496 e. The van der Waals surface area contributed by atoms with Crippen LogP contribution in [0, 0.1) is 6.92 Å². The van der Waals surface area contributed by atoms with Gasteiger partial charge in [0.2, 0.25) is 0 Å². The van der Waals surface area contributed by atoms with Gasteiger partial charge in [-0.05, 0) is 30.7 Å². The van der Waals surface area contributed by atoms with Gasteiger partial charge in [-0.25, -0.2) is 0 Å². The third-order valence-corrected chi connectivity index (χ3v) is 4.01. The Bertz CT molecular complexity index is 854. The second-order valence-electron chi connectivity index (χ2n) is 5.74. The van der Waals surface area contributed by atoms with Crippen molar-refractivity contribution in [1.29, 1.82) is 0 Å². The Kier molecular flexibility index (Phi) is 6.90. The Morgan fingerprint density at radius 2 is 1.81 bits per heavy atom. The van der Waals surface area contributed by atoms with E-state index < -0.39 is 5.91 Å². The number of ether oxygens (including phenoxy) is 3. The number of aryl methyl sites for hydroxylation is 1. The first-order valence-electron chi connectivity index (χ1n) is 8.06. The summed E-state index contributed by atoms with van der Waals surface area (Å²) in [6.07, 6.45) is 0. The molecule has 2 aromatic carbocycles. The van der Waals surface area contributed by atoms with E-state index in [1.165, 1.54) is 19.2 Å². The number of halogens is 1. The molecule has 0 spiro atoms. The molecular formula is C19H21ClN2O5. The predicted molar refractivity (Wildman–Crippen MR) is 102 cm³/mol. The lowest BCUT2D eigenvalue weighted by molar-refractivity contribution is -0.119. The summed E-state index contributed by atoms with van der Waals surface area (Å²) in [4.78, 5) is 23.4. The van der Waals surface area contributed by atoms with Gasteiger partial charge in [0.1, 0.15) is 5.75 Å². The minimum Gasteiger partial charge on any atom is -0.496 e. The fourth-order valence-corrected chi connectivity index (χ4v) is 2.67. The van der Waals surface area contributed by atoms with Crippen LogP contribution in [0.1, 0.15) is 21.5 Å². The van der Waals surface area contributed by atoms with Crippen LogP contribution in [0.5, 0.6) is 17.2 Å². The van der Waals surface area contributed by atoms with E-state index >= 15 is 0 Å². The molecule has 0 fully saturated rings. The number of amides is 2. The quantitative estimate of drug-likeness (QED) is 0.718. The van der Waals surface area contributed by atoms with Gasteiger partial charge in [0.05, 0.1) is 19.2 Å². The molecule has 0 heterocycles. The molecule has 8 heteroatoms. The summed E-state index contributed by atoms with van der Waals surface area (Å²) in [6, 6.07) is 8.63. The summed E-state index contributed by atoms with van der Waals surface area (Å²) in [7, 11) is 2.98. The third-order valence-electron chi connectivity index (χ3n) is 3.73. The van der Waals surface area contributed by atoms with Crippen molar-refractivity contribution < 1.29 is 23.8 Å². The summed E-state index contributed by atoms with van der Waals surface area (Å²) in [5.74, 6) is 0.0684. The van der Waals surface area contributed by atoms with Crippen molar-refractivity contribution >= 4 is 23.4 Å². The average molecular weight is 393 g/mol. The van der Waals surface area contributed by atoms with Crippen LogP contribution in [0.4, 0.5) is 0 Å². The van der Waals surface area contributed by atoms with Crippen molar-refractivity contribution in [2.45, 2.75) is 13.5 Å². The SMILES string of the molecule is COc1cc(C)ccc1CNC(=O)c1cc(Cl)c(OCC(N)=O)c(OC)c1. The minimum absolute atomic E-state index is 0.133. The van der Waals surface area contributed by atoms with E-state index in [0.717, 1.165) is 11.1 Å². The monoisotopic (exact) mass is 392 g/mol. The van der Waals surface area contributed by atoms with Crippen LogP contribution in [-0.2, 0) is 11.3 Å². The molecule has 27 heavy (non-hydrogen) atoms. The first-order chi connectivity index (χ1) is 12.8. The Hall–Kier alpha value is -2.93. The van der Waals surface area contributed by atoms with Crippen molar-refractivity contribution in [3.8, 4) is 17.2 Å². The summed E-state index contributed by atoms with van der Waals surface area (Å²) < 4.78 is 15.8. The predicted octanol–water partition coefficient (Wildman–Crippen LogP) is 2.46. The van der Waals surface area contributed by atoms with E-state index in [9.17, 15) is 9.59 Å². The smallest absolute Gasteiger partial charge is 0.255 e. The molecule has 0 saturated heterocycles. The van der Waals surface area contributed by atoms with Crippen molar-refractivity contribution in [3.05, 3.63) is 52.0 Å². The maximum atomic E-state index is 12.5. The van der Waals surface area contributed by atoms with Crippen LogP contribution in [0.25, 0.3) is 0 Å². The fourth-order valence-electron chi connectivity index (χ4n) is 2.41. The normalized spacial score (nSPS) is 10.2. The molecule has 7 nitrogen and oxygen atoms in total. The second kappa shape index (κ2) is 9.14. The lowest BCUT2D eigenvalue weighted by Crippen LogP contribution is -2.23. The number of nitrogens with one attached hydrogen (secondary N) is 1. The zero-order valence-corrected chi connectivity index (χ0v) is 16.1. The molecule has 2 amide bonds. The zero-order valence-electron chi connectivity index (χ0n) is 15.3. The molecule has 0 saturated carbocycles. The Balaban J connectivity index is 2.16. The summed E-state index contributed by atoms with van der Waals surface area (Å²) in [6.45, 7) is 1.89. The maximum Gasteiger partial charge on any atom is 0.255 e. The van der Waals surface area contributed by atoms with E-state index in [0.29, 0.717) is 5.75 Å². The average Bonchev–Trinajstić information content (AvgIpc) is 2.64. The second-order valence-corrected chi connectivity index (χ2v) is 6.15. The zero-order chi connectivity index (χ0) is 20.0. The molecule has 0 radical (unpaired) electrons. The lowest BCUT2D eigenvalue weighted by Gasteiger charge is -2.14. The standard InChI is InChI=1S/C19H21ClN2O5/c1-11-4-5-12(15(6-11)25-2)9-22-19(24)13-7-14(20)18(16(8-13)26-3)27-10-17(21)23/h4-8H,9-10H2,1-3H3,(H2,21,23)(H,22,24). The van der Waals surface area contributed by atoms with Gasteiger partial charge in [-0.15, -0.1) is 0 Å². The van der Waals surface area contributed by atoms with E-state index in [1.807, 2.05) is 25.1 Å². The molecule has 0 aromatic heterocycles. The molecule has 144 valence electrons. The molecule has 0 aliphatic heterocycles. The van der Waals surface area contributed by atoms with Crippen molar-refractivity contribution in [1.82, 2.24) is 5.32 Å². The Morgan fingerprint density at radius 1 is 1.11 bits per heavy atom. The van der Waals surface area contributed by atoms with E-state index in [1.54, 1.807) is 7.11 Å². The number of primary amides is 1. The first kappa shape index (κ1) is 20.4. The number of hydrogen-bond donors (Lipinski definition) is 2. The first-order valence-corrected chi connectivity index (χ1v) is 8.43. The molecule has 0 bridgehead atoms. The summed E-state index contributed by atoms with van der Waals surface area (Å²) in [5, 5.41) is 2.94. The molecule has 3 N–H and O–H groups in total. The summed E-state index contributed by atoms with van der Waals surface area (Å²) in [5.41, 5.74) is 7.26. The molecule has 2 aromatic rings. The summed E-state index contributed by atoms with van der Waals surface area (Å²) >= 11 is 6.17. The molecule has 2 rings (SSSR count). The molecule has 0 aliphatic carbocycles. The number of nitrogens with two attached hydrogens (primary N) is 1. The maximum absolute atomic E-state index is 12.5. The van der Waals surface area contributed by atoms with E-state index in [4.69, 9.17) is 31.5 Å². The van der Waals surface area contributed by atoms with E-state index in [-0.39, 0.29) is 41.1 Å². The fraction of sp³-hybridized carbons (Fsp3) is 0.263. The number of rotatable bonds is 8. The van der Waals surface area contributed by atoms with Crippen LogP contribution in [0.3, 0.4) is 0 Å². The van der Waals surface area contributed by atoms with Gasteiger partial charge in [-0.3, -0.25) is 9.59 Å². The molecule has 0 unspecified atom stereocenters. The van der Waals surface area contributed by atoms with Gasteiger partial charge in [0, 0.05) is 17.7 Å². The highest BCUT2D eigenvalue weighted by Gasteiger charge is 2.17. The van der Waals surface area contributed by atoms with Gasteiger partial charge in [0.15, 0.2) is 18.1 Å². The van der Waals surface area contributed by atoms with Crippen LogP contribution in [-0.4, -0.2) is 32.6 Å². The molecule has 0 atom stereocenters. The van der Waals surface area contributed by atoms with Gasteiger partial charge >= 0.3 is 0 Å². The number of hydrogen-bond acceptors (Lipinski definition) is 5. The molecular weight excluding hydrogens is 372 g/mol. The Labute approximate surface area is 162 Å². The van der Waals surface area contributed by atoms with E-state index in [2.05, 4.69) is 5.32 Å². The van der Waals surface area contributed by atoms with Crippen molar-refractivity contribution in [2.24, 2.45) is 5.73 Å². The highest BCUT2D eigenvalue weighted by molar-refractivity contribution is 6.32. The highest BCUT2D eigenvalue weighted by atomic mass is 35.5. The third kappa shape index (κ3) is 5.27. The van der Waals surface area contributed by atoms with Crippen LogP contribution in [0.2, 0.25) is 5.02 Å². The number of carbonyl (C=O) groups is 2. The van der Waals surface area contributed by atoms with Crippen LogP contribution in [0.15, 0.2) is 30.3 Å². The minimum atomic E-state index is -0.651. The highest BCUT2D eigenvalue weighted by Crippen LogP contribution is 2.36. The number of methoxy groups -OCH3 is 2. The lowest BCUT2D eigenvalue weighted by atomic mass is 10.1. The van der Waals surface area contributed by atoms with Gasteiger partial charge in [0.25, 0.3) is 11.8 Å². The number of carbonyl (C=O) groups excluding carboxylic acids is 2.